The number of amides is 1. The maximum absolute atomic E-state index is 13.4. The number of benzene rings is 2. The average molecular weight is 438 g/mol. The molecule has 0 bridgehead atoms. The summed E-state index contributed by atoms with van der Waals surface area (Å²) in [5.74, 6) is 0.524. The van der Waals surface area contributed by atoms with Gasteiger partial charge in [0.1, 0.15) is 0 Å². The summed E-state index contributed by atoms with van der Waals surface area (Å²) in [6.07, 6.45) is 6.09. The van der Waals surface area contributed by atoms with Crippen LogP contribution in [0, 0.1) is 6.92 Å². The maximum Gasteiger partial charge on any atom is 0.257 e. The predicted octanol–water partition coefficient (Wildman–Crippen LogP) is 5.45. The average Bonchev–Trinajstić information content (AvgIpc) is 3.31. The van der Waals surface area contributed by atoms with Crippen molar-refractivity contribution in [3.63, 3.8) is 0 Å². The number of ether oxygens (including phenoxy) is 1. The highest BCUT2D eigenvalue weighted by atomic mass is 35.5. The third kappa shape index (κ3) is 4.33. The Morgan fingerprint density at radius 3 is 2.71 bits per heavy atom. The summed E-state index contributed by atoms with van der Waals surface area (Å²) < 4.78 is 7.78. The zero-order valence-corrected chi connectivity index (χ0v) is 19.0. The lowest BCUT2D eigenvalue weighted by Crippen LogP contribution is -2.41. The van der Waals surface area contributed by atoms with Crippen LogP contribution in [0.25, 0.3) is 5.69 Å². The minimum Gasteiger partial charge on any atom is -0.491 e. The number of carbonyl (C=O) groups excluding carboxylic acids is 1. The molecule has 1 aliphatic rings. The lowest BCUT2D eigenvalue weighted by Gasteiger charge is -2.32. The molecule has 6 heteroatoms. The van der Waals surface area contributed by atoms with Gasteiger partial charge in [0.25, 0.3) is 5.91 Å². The van der Waals surface area contributed by atoms with Gasteiger partial charge < -0.3 is 9.64 Å². The Bertz CT molecular complexity index is 1060. The topological polar surface area (TPSA) is 47.4 Å². The van der Waals surface area contributed by atoms with Crippen LogP contribution >= 0.6 is 11.6 Å². The highest BCUT2D eigenvalue weighted by Crippen LogP contribution is 2.37. The van der Waals surface area contributed by atoms with Gasteiger partial charge in [-0.2, -0.15) is 5.10 Å². The molecule has 0 fully saturated rings. The summed E-state index contributed by atoms with van der Waals surface area (Å²) >= 11 is 6.72. The number of halogens is 1. The summed E-state index contributed by atoms with van der Waals surface area (Å²) in [4.78, 5) is 15.4. The molecular weight excluding hydrogens is 410 g/mol. The quantitative estimate of drug-likeness (QED) is 0.533. The Labute approximate surface area is 188 Å². The summed E-state index contributed by atoms with van der Waals surface area (Å²) in [6.45, 7) is 7.45. The Morgan fingerprint density at radius 2 is 2.03 bits per heavy atom. The van der Waals surface area contributed by atoms with Gasteiger partial charge in [-0.25, -0.2) is 4.68 Å². The van der Waals surface area contributed by atoms with Crippen molar-refractivity contribution in [2.24, 2.45) is 0 Å². The first-order valence-electron chi connectivity index (χ1n) is 10.8. The van der Waals surface area contributed by atoms with Crippen LogP contribution in [0.4, 0.5) is 0 Å². The standard InChI is InChI=1S/C25H28ClN3O2/c1-4-17(2)28-12-6-14-31-24-22(25(28)30)16-20(18(3)23(24)26)15-19-7-9-21(10-8-19)29-13-5-11-27-29/h5,7-11,13,16-17H,4,6,12,14-15H2,1-3H3/t17-/m1/s1. The van der Waals surface area contributed by atoms with Gasteiger partial charge in [-0.05, 0) is 74.1 Å². The second kappa shape index (κ2) is 9.15. The van der Waals surface area contributed by atoms with Crippen LogP contribution in [0.1, 0.15) is 53.7 Å². The summed E-state index contributed by atoms with van der Waals surface area (Å²) in [7, 11) is 0. The van der Waals surface area contributed by atoms with Crippen LogP contribution in [-0.2, 0) is 6.42 Å². The van der Waals surface area contributed by atoms with Crippen molar-refractivity contribution in [1.29, 1.82) is 0 Å². The molecule has 1 aromatic heterocycles. The number of carbonyl (C=O) groups is 1. The molecule has 1 amide bonds. The van der Waals surface area contributed by atoms with Crippen LogP contribution in [0.15, 0.2) is 48.8 Å². The smallest absolute Gasteiger partial charge is 0.257 e. The lowest BCUT2D eigenvalue weighted by molar-refractivity contribution is 0.0654. The SMILES string of the molecule is CC[C@@H](C)N1CCCOc2c(cc(Cc3ccc(-n4cccn4)cc3)c(C)c2Cl)C1=O. The van der Waals surface area contributed by atoms with Crippen molar-refractivity contribution in [3.05, 3.63) is 76.1 Å². The number of hydrogen-bond acceptors (Lipinski definition) is 3. The largest absolute Gasteiger partial charge is 0.491 e. The van der Waals surface area contributed by atoms with Crippen LogP contribution < -0.4 is 4.74 Å². The molecule has 2 heterocycles. The van der Waals surface area contributed by atoms with E-state index in [0.29, 0.717) is 35.9 Å². The zero-order valence-electron chi connectivity index (χ0n) is 18.3. The Kier molecular flexibility index (Phi) is 6.33. The van der Waals surface area contributed by atoms with Gasteiger partial charge in [0.15, 0.2) is 5.75 Å². The van der Waals surface area contributed by atoms with Gasteiger partial charge in [-0.3, -0.25) is 4.79 Å². The zero-order chi connectivity index (χ0) is 22.0. The number of aromatic nitrogens is 2. The van der Waals surface area contributed by atoms with Crippen molar-refractivity contribution < 1.29 is 9.53 Å². The van der Waals surface area contributed by atoms with Crippen molar-refractivity contribution in [1.82, 2.24) is 14.7 Å². The van der Waals surface area contributed by atoms with E-state index in [4.69, 9.17) is 16.3 Å². The van der Waals surface area contributed by atoms with Gasteiger partial charge in [0, 0.05) is 25.0 Å². The minimum absolute atomic E-state index is 0.00114. The van der Waals surface area contributed by atoms with Gasteiger partial charge >= 0.3 is 0 Å². The molecule has 0 unspecified atom stereocenters. The van der Waals surface area contributed by atoms with Crippen LogP contribution in [0.2, 0.25) is 5.02 Å². The Hall–Kier alpha value is -2.79. The number of rotatable bonds is 5. The van der Waals surface area contributed by atoms with Crippen molar-refractivity contribution in [3.8, 4) is 11.4 Å². The van der Waals surface area contributed by atoms with E-state index in [1.165, 1.54) is 0 Å². The number of fused-ring (bicyclic) bond motifs is 1. The molecule has 1 atom stereocenters. The van der Waals surface area contributed by atoms with Gasteiger partial charge in [-0.15, -0.1) is 0 Å². The van der Waals surface area contributed by atoms with E-state index in [2.05, 4.69) is 31.1 Å². The van der Waals surface area contributed by atoms with E-state index < -0.39 is 0 Å². The maximum atomic E-state index is 13.4. The van der Waals surface area contributed by atoms with Crippen molar-refractivity contribution >= 4 is 17.5 Å². The molecule has 0 aliphatic carbocycles. The molecule has 0 saturated carbocycles. The first-order chi connectivity index (χ1) is 15.0. The molecule has 0 radical (unpaired) electrons. The molecule has 1 aliphatic heterocycles. The van der Waals surface area contributed by atoms with Gasteiger partial charge in [0.05, 0.1) is 22.9 Å². The second-order valence-corrected chi connectivity index (χ2v) is 8.48. The Balaban J connectivity index is 1.68. The monoisotopic (exact) mass is 437 g/mol. The van der Waals surface area contributed by atoms with E-state index in [-0.39, 0.29) is 11.9 Å². The molecule has 5 nitrogen and oxygen atoms in total. The molecule has 4 rings (SSSR count). The van der Waals surface area contributed by atoms with E-state index in [9.17, 15) is 4.79 Å². The molecule has 2 aromatic carbocycles. The first-order valence-corrected chi connectivity index (χ1v) is 11.2. The molecule has 31 heavy (non-hydrogen) atoms. The fraction of sp³-hybridized carbons (Fsp3) is 0.360. The molecule has 0 spiro atoms. The highest BCUT2D eigenvalue weighted by Gasteiger charge is 2.28. The highest BCUT2D eigenvalue weighted by molar-refractivity contribution is 6.33. The molecule has 162 valence electrons. The van der Waals surface area contributed by atoms with Crippen LogP contribution in [0.5, 0.6) is 5.75 Å². The normalized spacial score (nSPS) is 15.1. The van der Waals surface area contributed by atoms with Crippen molar-refractivity contribution in [2.75, 3.05) is 13.2 Å². The van der Waals surface area contributed by atoms with Crippen LogP contribution in [-0.4, -0.2) is 39.8 Å². The fourth-order valence-corrected chi connectivity index (χ4v) is 4.25. The van der Waals surface area contributed by atoms with E-state index in [1.54, 1.807) is 6.20 Å². The summed E-state index contributed by atoms with van der Waals surface area (Å²) in [5, 5.41) is 4.81. The second-order valence-electron chi connectivity index (χ2n) is 8.10. The fourth-order valence-electron chi connectivity index (χ4n) is 3.98. The Morgan fingerprint density at radius 1 is 1.26 bits per heavy atom. The minimum atomic E-state index is 0.00114. The number of hydrogen-bond donors (Lipinski definition) is 0. The van der Waals surface area contributed by atoms with E-state index >= 15 is 0 Å². The summed E-state index contributed by atoms with van der Waals surface area (Å²) in [6, 6.07) is 12.3. The molecule has 3 aromatic rings. The number of nitrogens with zero attached hydrogens (tertiary/aromatic N) is 3. The first kappa shape index (κ1) is 21.4. The van der Waals surface area contributed by atoms with E-state index in [0.717, 1.165) is 35.2 Å². The van der Waals surface area contributed by atoms with Gasteiger partial charge in [-0.1, -0.05) is 30.7 Å². The van der Waals surface area contributed by atoms with Crippen LogP contribution in [0.3, 0.4) is 0 Å². The molecule has 0 N–H and O–H groups in total. The predicted molar refractivity (Wildman–Crippen MR) is 123 cm³/mol. The third-order valence-electron chi connectivity index (χ3n) is 6.08. The third-order valence-corrected chi connectivity index (χ3v) is 6.53. The molecule has 0 saturated heterocycles. The van der Waals surface area contributed by atoms with Gasteiger partial charge in [0.2, 0.25) is 0 Å². The van der Waals surface area contributed by atoms with Crippen molar-refractivity contribution in [2.45, 2.75) is 46.1 Å². The lowest BCUT2D eigenvalue weighted by atomic mass is 9.96. The summed E-state index contributed by atoms with van der Waals surface area (Å²) in [5.41, 5.74) is 4.72. The molecular formula is C25H28ClN3O2. The van der Waals surface area contributed by atoms with E-state index in [1.807, 2.05) is 47.0 Å².